The molecule has 17 heavy (non-hydrogen) atoms. The van der Waals surface area contributed by atoms with Gasteiger partial charge in [-0.1, -0.05) is 6.92 Å². The van der Waals surface area contributed by atoms with Crippen LogP contribution in [0.5, 0.6) is 0 Å². The normalized spacial score (nSPS) is 11.0. The van der Waals surface area contributed by atoms with Crippen LogP contribution in [0.2, 0.25) is 0 Å². The standard InChI is InChI=1S/C13H15BrN2S/c1-2-16(8-11-3-5-15-6-4-11)9-13-7-12(14)10-17-13/h3-7,10H,2,8-9H2,1H3. The van der Waals surface area contributed by atoms with Crippen molar-refractivity contribution in [3.8, 4) is 0 Å². The molecule has 0 bridgehead atoms. The van der Waals surface area contributed by atoms with E-state index in [9.17, 15) is 0 Å². The second kappa shape index (κ2) is 6.28. The molecule has 0 aliphatic heterocycles. The minimum Gasteiger partial charge on any atom is -0.294 e. The highest BCUT2D eigenvalue weighted by molar-refractivity contribution is 9.10. The van der Waals surface area contributed by atoms with Crippen molar-refractivity contribution >= 4 is 27.3 Å². The van der Waals surface area contributed by atoms with Gasteiger partial charge in [-0.25, -0.2) is 0 Å². The van der Waals surface area contributed by atoms with E-state index in [1.807, 2.05) is 12.4 Å². The lowest BCUT2D eigenvalue weighted by atomic mass is 10.2. The Morgan fingerprint density at radius 3 is 2.65 bits per heavy atom. The first kappa shape index (κ1) is 12.7. The monoisotopic (exact) mass is 310 g/mol. The van der Waals surface area contributed by atoms with Gasteiger partial charge in [0.2, 0.25) is 0 Å². The van der Waals surface area contributed by atoms with Gasteiger partial charge in [-0.15, -0.1) is 11.3 Å². The lowest BCUT2D eigenvalue weighted by molar-refractivity contribution is 0.274. The van der Waals surface area contributed by atoms with Gasteiger partial charge in [-0.3, -0.25) is 9.88 Å². The molecular weight excluding hydrogens is 296 g/mol. The van der Waals surface area contributed by atoms with Crippen molar-refractivity contribution in [1.29, 1.82) is 0 Å². The Bertz CT molecular complexity index is 455. The van der Waals surface area contributed by atoms with E-state index < -0.39 is 0 Å². The van der Waals surface area contributed by atoms with E-state index in [1.54, 1.807) is 11.3 Å². The van der Waals surface area contributed by atoms with Crippen LogP contribution < -0.4 is 0 Å². The molecule has 0 N–H and O–H groups in total. The SMILES string of the molecule is CCN(Cc1ccncc1)Cc1cc(Br)cs1. The predicted molar refractivity (Wildman–Crippen MR) is 76.0 cm³/mol. The number of hydrogen-bond acceptors (Lipinski definition) is 3. The lowest BCUT2D eigenvalue weighted by Gasteiger charge is -2.19. The quantitative estimate of drug-likeness (QED) is 0.832. The summed E-state index contributed by atoms with van der Waals surface area (Å²) in [5, 5.41) is 2.13. The molecule has 0 saturated carbocycles. The van der Waals surface area contributed by atoms with Gasteiger partial charge in [-0.05, 0) is 46.2 Å². The number of nitrogens with zero attached hydrogens (tertiary/aromatic N) is 2. The summed E-state index contributed by atoms with van der Waals surface area (Å²) in [6, 6.07) is 6.35. The van der Waals surface area contributed by atoms with E-state index >= 15 is 0 Å². The van der Waals surface area contributed by atoms with Crippen molar-refractivity contribution < 1.29 is 0 Å². The van der Waals surface area contributed by atoms with Gasteiger partial charge < -0.3 is 0 Å². The fourth-order valence-electron chi connectivity index (χ4n) is 1.68. The number of pyridine rings is 1. The van der Waals surface area contributed by atoms with Crippen LogP contribution >= 0.6 is 27.3 Å². The molecule has 2 nitrogen and oxygen atoms in total. The Morgan fingerprint density at radius 1 is 1.29 bits per heavy atom. The minimum atomic E-state index is 0.981. The number of rotatable bonds is 5. The van der Waals surface area contributed by atoms with Crippen molar-refractivity contribution in [3.05, 3.63) is 50.9 Å². The maximum absolute atomic E-state index is 4.04. The van der Waals surface area contributed by atoms with Gasteiger partial charge in [-0.2, -0.15) is 0 Å². The third-order valence-corrected chi connectivity index (χ3v) is 4.29. The van der Waals surface area contributed by atoms with Crippen molar-refractivity contribution in [1.82, 2.24) is 9.88 Å². The topological polar surface area (TPSA) is 16.1 Å². The molecule has 0 atom stereocenters. The molecule has 4 heteroatoms. The molecular formula is C13H15BrN2S. The first-order chi connectivity index (χ1) is 8.28. The van der Waals surface area contributed by atoms with Crippen LogP contribution in [0.15, 0.2) is 40.4 Å². The molecule has 0 aromatic carbocycles. The highest BCUT2D eigenvalue weighted by Gasteiger charge is 2.06. The number of hydrogen-bond donors (Lipinski definition) is 0. The second-order valence-electron chi connectivity index (χ2n) is 3.89. The van der Waals surface area contributed by atoms with Crippen LogP contribution in [0.1, 0.15) is 17.4 Å². The number of aromatic nitrogens is 1. The van der Waals surface area contributed by atoms with Crippen molar-refractivity contribution in [2.75, 3.05) is 6.54 Å². The van der Waals surface area contributed by atoms with Crippen LogP contribution in [-0.4, -0.2) is 16.4 Å². The summed E-state index contributed by atoms with van der Waals surface area (Å²) in [6.07, 6.45) is 3.70. The Morgan fingerprint density at radius 2 is 2.06 bits per heavy atom. The molecule has 2 aromatic heterocycles. The van der Waals surface area contributed by atoms with E-state index in [-0.39, 0.29) is 0 Å². The highest BCUT2D eigenvalue weighted by Crippen LogP contribution is 2.21. The maximum Gasteiger partial charge on any atom is 0.0331 e. The Hall–Kier alpha value is -0.710. The van der Waals surface area contributed by atoms with Crippen LogP contribution in [0.25, 0.3) is 0 Å². The average molecular weight is 311 g/mol. The van der Waals surface area contributed by atoms with Crippen LogP contribution in [0.4, 0.5) is 0 Å². The van der Waals surface area contributed by atoms with Crippen molar-refractivity contribution in [3.63, 3.8) is 0 Å². The van der Waals surface area contributed by atoms with Crippen LogP contribution in [-0.2, 0) is 13.1 Å². The van der Waals surface area contributed by atoms with E-state index in [1.165, 1.54) is 14.9 Å². The summed E-state index contributed by atoms with van der Waals surface area (Å²) >= 11 is 5.30. The predicted octanol–water partition coefficient (Wildman–Crippen LogP) is 3.93. The molecule has 0 aliphatic carbocycles. The first-order valence-corrected chi connectivity index (χ1v) is 7.29. The lowest BCUT2D eigenvalue weighted by Crippen LogP contribution is -2.21. The molecule has 0 fully saturated rings. The molecule has 0 saturated heterocycles. The van der Waals surface area contributed by atoms with E-state index in [2.05, 4.69) is 56.3 Å². The average Bonchev–Trinajstić information content (AvgIpc) is 2.75. The number of thiophene rings is 1. The third kappa shape index (κ3) is 3.91. The van der Waals surface area contributed by atoms with E-state index in [0.29, 0.717) is 0 Å². The Labute approximate surface area is 114 Å². The Kier molecular flexibility index (Phi) is 4.71. The van der Waals surface area contributed by atoms with Crippen LogP contribution in [0.3, 0.4) is 0 Å². The zero-order valence-corrected chi connectivity index (χ0v) is 12.2. The maximum atomic E-state index is 4.04. The highest BCUT2D eigenvalue weighted by atomic mass is 79.9. The molecule has 2 rings (SSSR count). The van der Waals surface area contributed by atoms with Gasteiger partial charge in [0.25, 0.3) is 0 Å². The largest absolute Gasteiger partial charge is 0.294 e. The van der Waals surface area contributed by atoms with Gasteiger partial charge in [0.1, 0.15) is 0 Å². The number of halogens is 1. The zero-order valence-electron chi connectivity index (χ0n) is 9.77. The summed E-state index contributed by atoms with van der Waals surface area (Å²) in [6.45, 7) is 5.24. The van der Waals surface area contributed by atoms with Gasteiger partial charge in [0, 0.05) is 40.2 Å². The summed E-state index contributed by atoms with van der Waals surface area (Å²) in [4.78, 5) is 7.86. The smallest absolute Gasteiger partial charge is 0.0331 e. The molecule has 0 spiro atoms. The second-order valence-corrected chi connectivity index (χ2v) is 5.80. The fourth-order valence-corrected chi connectivity index (χ4v) is 3.18. The minimum absolute atomic E-state index is 0.981. The Balaban J connectivity index is 1.98. The van der Waals surface area contributed by atoms with Gasteiger partial charge >= 0.3 is 0 Å². The van der Waals surface area contributed by atoms with Crippen LogP contribution in [0, 0.1) is 0 Å². The summed E-state index contributed by atoms with van der Waals surface area (Å²) < 4.78 is 1.18. The molecule has 0 aliphatic rings. The summed E-state index contributed by atoms with van der Waals surface area (Å²) in [7, 11) is 0. The third-order valence-electron chi connectivity index (χ3n) is 2.60. The summed E-state index contributed by atoms with van der Waals surface area (Å²) in [5.41, 5.74) is 1.32. The van der Waals surface area contributed by atoms with E-state index in [0.717, 1.165) is 19.6 Å². The zero-order chi connectivity index (χ0) is 12.1. The summed E-state index contributed by atoms with van der Waals surface area (Å²) in [5.74, 6) is 0. The molecule has 2 aromatic rings. The van der Waals surface area contributed by atoms with Crippen molar-refractivity contribution in [2.24, 2.45) is 0 Å². The molecule has 0 amide bonds. The first-order valence-electron chi connectivity index (χ1n) is 5.62. The molecule has 0 unspecified atom stereocenters. The molecule has 0 radical (unpaired) electrons. The molecule has 2 heterocycles. The fraction of sp³-hybridized carbons (Fsp3) is 0.308. The van der Waals surface area contributed by atoms with Gasteiger partial charge in [0.15, 0.2) is 0 Å². The van der Waals surface area contributed by atoms with Crippen molar-refractivity contribution in [2.45, 2.75) is 20.0 Å². The van der Waals surface area contributed by atoms with E-state index in [4.69, 9.17) is 0 Å². The molecule has 90 valence electrons. The van der Waals surface area contributed by atoms with Gasteiger partial charge in [0.05, 0.1) is 0 Å².